The topological polar surface area (TPSA) is 86.0 Å². The molecular weight excluding hydrogens is 412 g/mol. The van der Waals surface area contributed by atoms with Crippen LogP contribution in [0.1, 0.15) is 71.8 Å². The zero-order valence-corrected chi connectivity index (χ0v) is 19.0. The lowest BCUT2D eigenvalue weighted by Gasteiger charge is -2.33. The van der Waals surface area contributed by atoms with E-state index in [9.17, 15) is 4.79 Å². The Kier molecular flexibility index (Phi) is 5.60. The van der Waals surface area contributed by atoms with Gasteiger partial charge in [-0.3, -0.25) is 0 Å². The number of aromatic nitrogens is 5. The molecule has 1 saturated heterocycles. The largest absolute Gasteiger partial charge is 0.462 e. The highest BCUT2D eigenvalue weighted by Crippen LogP contribution is 2.38. The normalized spacial score (nSPS) is 19.3. The molecule has 5 heterocycles. The third-order valence-electron chi connectivity index (χ3n) is 6.39. The highest BCUT2D eigenvalue weighted by molar-refractivity contribution is 7.20. The van der Waals surface area contributed by atoms with Crippen molar-refractivity contribution in [3.05, 3.63) is 28.4 Å². The fourth-order valence-electron chi connectivity index (χ4n) is 4.87. The predicted octanol–water partition coefficient (Wildman–Crippen LogP) is 3.88. The molecule has 0 amide bonds. The van der Waals surface area contributed by atoms with Gasteiger partial charge >= 0.3 is 5.97 Å². The first-order chi connectivity index (χ1) is 15.2. The Morgan fingerprint density at radius 2 is 2.10 bits per heavy atom. The number of ether oxygens (including phenoxy) is 1. The number of aryl methyl sites for hydroxylation is 2. The molecule has 0 radical (unpaired) electrons. The van der Waals surface area contributed by atoms with E-state index >= 15 is 0 Å². The Balaban J connectivity index is 1.47. The van der Waals surface area contributed by atoms with Gasteiger partial charge in [0.2, 0.25) is 0 Å². The second-order valence-corrected chi connectivity index (χ2v) is 9.38. The summed E-state index contributed by atoms with van der Waals surface area (Å²) < 4.78 is 7.61. The molecule has 0 saturated carbocycles. The summed E-state index contributed by atoms with van der Waals surface area (Å²) in [5.74, 6) is 3.23. The average Bonchev–Trinajstić information content (AvgIpc) is 3.26. The maximum atomic E-state index is 12.4. The minimum absolute atomic E-state index is 0.281. The van der Waals surface area contributed by atoms with Gasteiger partial charge in [0.05, 0.1) is 12.0 Å². The monoisotopic (exact) mass is 440 g/mol. The zero-order valence-electron chi connectivity index (χ0n) is 18.1. The summed E-state index contributed by atoms with van der Waals surface area (Å²) in [6.07, 6.45) is 8.49. The van der Waals surface area contributed by atoms with Crippen molar-refractivity contribution in [2.45, 2.75) is 64.8 Å². The van der Waals surface area contributed by atoms with Gasteiger partial charge in [-0.25, -0.2) is 14.8 Å². The first-order valence-corrected chi connectivity index (χ1v) is 12.1. The van der Waals surface area contributed by atoms with Crippen LogP contribution < -0.4 is 4.90 Å². The molecule has 9 heteroatoms. The van der Waals surface area contributed by atoms with Gasteiger partial charge in [-0.1, -0.05) is 6.42 Å². The number of hydrogen-bond donors (Lipinski definition) is 0. The molecule has 31 heavy (non-hydrogen) atoms. The molecule has 5 rings (SSSR count). The molecule has 1 unspecified atom stereocenters. The number of hydrogen-bond acceptors (Lipinski definition) is 8. The third kappa shape index (κ3) is 3.69. The molecule has 0 spiro atoms. The number of rotatable bonds is 4. The number of thiophene rings is 1. The maximum Gasteiger partial charge on any atom is 0.348 e. The summed E-state index contributed by atoms with van der Waals surface area (Å²) in [6.45, 7) is 6.98. The highest BCUT2D eigenvalue weighted by atomic mass is 32.1. The van der Waals surface area contributed by atoms with Gasteiger partial charge < -0.3 is 14.2 Å². The fourth-order valence-corrected chi connectivity index (χ4v) is 5.91. The number of carbonyl (C=O) groups is 1. The van der Waals surface area contributed by atoms with Gasteiger partial charge in [0.15, 0.2) is 0 Å². The van der Waals surface area contributed by atoms with E-state index in [0.717, 1.165) is 72.1 Å². The van der Waals surface area contributed by atoms with E-state index in [1.54, 1.807) is 6.33 Å². The van der Waals surface area contributed by atoms with Crippen molar-refractivity contribution in [2.75, 3.05) is 24.6 Å². The van der Waals surface area contributed by atoms with Gasteiger partial charge in [0.25, 0.3) is 0 Å². The minimum atomic E-state index is -0.281. The number of piperidine rings is 1. The van der Waals surface area contributed by atoms with Crippen molar-refractivity contribution in [1.82, 2.24) is 24.7 Å². The maximum absolute atomic E-state index is 12.4. The van der Waals surface area contributed by atoms with Crippen LogP contribution in [0.4, 0.5) is 5.82 Å². The van der Waals surface area contributed by atoms with Crippen LogP contribution in [0.25, 0.3) is 10.2 Å². The van der Waals surface area contributed by atoms with E-state index in [1.165, 1.54) is 30.6 Å². The molecular formula is C22H28N6O2S. The second kappa shape index (κ2) is 8.53. The van der Waals surface area contributed by atoms with Crippen molar-refractivity contribution >= 4 is 33.3 Å². The van der Waals surface area contributed by atoms with E-state index in [2.05, 4.69) is 29.6 Å². The van der Waals surface area contributed by atoms with Crippen molar-refractivity contribution in [2.24, 2.45) is 0 Å². The fraction of sp³-hybridized carbons (Fsp3) is 0.591. The van der Waals surface area contributed by atoms with E-state index < -0.39 is 0 Å². The molecule has 0 N–H and O–H groups in total. The Bertz CT molecular complexity index is 1110. The van der Waals surface area contributed by atoms with Crippen LogP contribution in [-0.4, -0.2) is 50.4 Å². The standard InChI is InChI=1S/C22H28N6O2S/c1-3-30-22(29)18-14(2)17-20(23-13-24-21(17)31-18)27-10-7-8-15(12-27)19-26-25-16-9-5-4-6-11-28(16)19/h13,15H,3-12H2,1-2H3. The quantitative estimate of drug-likeness (QED) is 0.569. The number of anilines is 1. The Morgan fingerprint density at radius 1 is 1.19 bits per heavy atom. The van der Waals surface area contributed by atoms with Gasteiger partial charge in [-0.2, -0.15) is 0 Å². The van der Waals surface area contributed by atoms with Crippen LogP contribution in [0.15, 0.2) is 6.33 Å². The van der Waals surface area contributed by atoms with Crippen LogP contribution in [-0.2, 0) is 17.7 Å². The molecule has 0 bridgehead atoms. The van der Waals surface area contributed by atoms with E-state index in [-0.39, 0.29) is 5.97 Å². The molecule has 2 aliphatic rings. The third-order valence-corrected chi connectivity index (χ3v) is 7.57. The summed E-state index contributed by atoms with van der Waals surface area (Å²) in [6, 6.07) is 0. The van der Waals surface area contributed by atoms with Crippen LogP contribution in [0.2, 0.25) is 0 Å². The van der Waals surface area contributed by atoms with Gasteiger partial charge in [0.1, 0.15) is 33.5 Å². The molecule has 8 nitrogen and oxygen atoms in total. The Hall–Kier alpha value is -2.55. The lowest BCUT2D eigenvalue weighted by molar-refractivity contribution is 0.0531. The van der Waals surface area contributed by atoms with E-state index in [0.29, 0.717) is 17.4 Å². The Morgan fingerprint density at radius 3 is 2.97 bits per heavy atom. The number of esters is 1. The van der Waals surface area contributed by atoms with Crippen LogP contribution in [0.5, 0.6) is 0 Å². The van der Waals surface area contributed by atoms with Crippen molar-refractivity contribution < 1.29 is 9.53 Å². The lowest BCUT2D eigenvalue weighted by atomic mass is 9.96. The summed E-state index contributed by atoms with van der Waals surface area (Å²) in [7, 11) is 0. The molecule has 3 aromatic rings. The summed E-state index contributed by atoms with van der Waals surface area (Å²) in [5, 5.41) is 10.1. The summed E-state index contributed by atoms with van der Waals surface area (Å²) in [5.41, 5.74) is 0.910. The van der Waals surface area contributed by atoms with Crippen molar-refractivity contribution in [3.63, 3.8) is 0 Å². The molecule has 2 aliphatic heterocycles. The predicted molar refractivity (Wildman–Crippen MR) is 120 cm³/mol. The highest BCUT2D eigenvalue weighted by Gasteiger charge is 2.30. The number of carbonyl (C=O) groups excluding carboxylic acids is 1. The minimum Gasteiger partial charge on any atom is -0.462 e. The number of nitrogens with zero attached hydrogens (tertiary/aromatic N) is 6. The summed E-state index contributed by atoms with van der Waals surface area (Å²) >= 11 is 1.39. The average molecular weight is 441 g/mol. The number of fused-ring (bicyclic) bond motifs is 2. The SMILES string of the molecule is CCOC(=O)c1sc2ncnc(N3CCCC(c4nnc5n4CCCCC5)C3)c2c1C. The van der Waals surface area contributed by atoms with Gasteiger partial charge in [-0.15, -0.1) is 21.5 Å². The summed E-state index contributed by atoms with van der Waals surface area (Å²) in [4.78, 5) is 25.3. The van der Waals surface area contributed by atoms with E-state index in [1.807, 2.05) is 13.8 Å². The first-order valence-electron chi connectivity index (χ1n) is 11.3. The van der Waals surface area contributed by atoms with Gasteiger partial charge in [-0.05, 0) is 45.1 Å². The van der Waals surface area contributed by atoms with Crippen molar-refractivity contribution in [1.29, 1.82) is 0 Å². The van der Waals surface area contributed by atoms with Crippen LogP contribution in [0, 0.1) is 6.92 Å². The molecule has 0 aliphatic carbocycles. The smallest absolute Gasteiger partial charge is 0.348 e. The lowest BCUT2D eigenvalue weighted by Crippen LogP contribution is -2.36. The van der Waals surface area contributed by atoms with E-state index in [4.69, 9.17) is 4.74 Å². The first kappa shape index (κ1) is 20.4. The molecule has 1 fully saturated rings. The van der Waals surface area contributed by atoms with Crippen molar-refractivity contribution in [3.8, 4) is 0 Å². The zero-order chi connectivity index (χ0) is 21.4. The molecule has 164 valence electrons. The molecule has 1 atom stereocenters. The van der Waals surface area contributed by atoms with Crippen LogP contribution >= 0.6 is 11.3 Å². The Labute approximate surface area is 185 Å². The van der Waals surface area contributed by atoms with Crippen LogP contribution in [0.3, 0.4) is 0 Å². The second-order valence-electron chi connectivity index (χ2n) is 8.38. The van der Waals surface area contributed by atoms with Gasteiger partial charge in [0, 0.05) is 32.0 Å². The molecule has 0 aromatic carbocycles. The molecule has 3 aromatic heterocycles.